The van der Waals surface area contributed by atoms with Gasteiger partial charge in [0.15, 0.2) is 0 Å². The van der Waals surface area contributed by atoms with Crippen LogP contribution in [0.15, 0.2) is 65.8 Å². The molecule has 0 bridgehead atoms. The third kappa shape index (κ3) is 3.53. The number of aryl methyl sites for hydroxylation is 1. The number of rotatable bonds is 4. The van der Waals surface area contributed by atoms with Crippen molar-refractivity contribution in [2.45, 2.75) is 30.6 Å². The highest BCUT2D eigenvalue weighted by Gasteiger charge is 2.33. The first-order valence-corrected chi connectivity index (χ1v) is 10.7. The quantitative estimate of drug-likeness (QED) is 0.711. The van der Waals surface area contributed by atoms with Crippen molar-refractivity contribution in [2.75, 3.05) is 0 Å². The van der Waals surface area contributed by atoms with Crippen LogP contribution < -0.4 is 4.72 Å². The van der Waals surface area contributed by atoms with Crippen molar-refractivity contribution in [1.82, 2.24) is 9.71 Å². The number of halogens is 1. The number of aromatic nitrogens is 1. The maximum atomic E-state index is 14.2. The van der Waals surface area contributed by atoms with Gasteiger partial charge >= 0.3 is 0 Å². The van der Waals surface area contributed by atoms with Gasteiger partial charge in [0.2, 0.25) is 5.91 Å². The topological polar surface area (TPSA) is 76.1 Å². The summed E-state index contributed by atoms with van der Waals surface area (Å²) in [7, 11) is -3.97. The number of hydrogen-bond acceptors (Lipinski definition) is 4. The average Bonchev–Trinajstić information content (AvgIpc) is 3.13. The molecule has 7 heteroatoms. The van der Waals surface area contributed by atoms with Crippen LogP contribution in [0.2, 0.25) is 0 Å². The molecular formula is C22H19FN2O3S. The lowest BCUT2D eigenvalue weighted by atomic mass is 9.95. The molecular weight excluding hydrogens is 391 g/mol. The Kier molecular flexibility index (Phi) is 4.92. The Morgan fingerprint density at radius 2 is 1.90 bits per heavy atom. The van der Waals surface area contributed by atoms with Crippen molar-refractivity contribution < 1.29 is 17.6 Å². The van der Waals surface area contributed by atoms with E-state index < -0.39 is 27.7 Å². The molecule has 1 aliphatic rings. The molecule has 1 amide bonds. The van der Waals surface area contributed by atoms with Gasteiger partial charge in [0.25, 0.3) is 10.0 Å². The van der Waals surface area contributed by atoms with Crippen LogP contribution in [0.5, 0.6) is 0 Å². The molecule has 0 fully saturated rings. The Balaban J connectivity index is 1.65. The van der Waals surface area contributed by atoms with Crippen molar-refractivity contribution in [3.63, 3.8) is 0 Å². The summed E-state index contributed by atoms with van der Waals surface area (Å²) in [6.07, 6.45) is 3.71. The highest BCUT2D eigenvalue weighted by molar-refractivity contribution is 7.90. The summed E-state index contributed by atoms with van der Waals surface area (Å²) in [6.45, 7) is 1.68. The first kappa shape index (κ1) is 19.3. The smallest absolute Gasteiger partial charge is 0.264 e. The highest BCUT2D eigenvalue weighted by atomic mass is 32.2. The van der Waals surface area contributed by atoms with Crippen LogP contribution >= 0.6 is 0 Å². The summed E-state index contributed by atoms with van der Waals surface area (Å²) in [6, 6.07) is 13.5. The Labute approximate surface area is 168 Å². The number of hydrogen-bond donors (Lipinski definition) is 1. The van der Waals surface area contributed by atoms with Crippen molar-refractivity contribution in [3.05, 3.63) is 83.4 Å². The van der Waals surface area contributed by atoms with Crippen LogP contribution in [0.1, 0.15) is 29.0 Å². The molecule has 1 N–H and O–H groups in total. The van der Waals surface area contributed by atoms with E-state index in [1.807, 2.05) is 6.07 Å². The number of nitrogens with one attached hydrogen (secondary N) is 1. The van der Waals surface area contributed by atoms with Crippen LogP contribution in [0.3, 0.4) is 0 Å². The van der Waals surface area contributed by atoms with E-state index in [-0.39, 0.29) is 4.90 Å². The normalized spacial score (nSPS) is 15.7. The van der Waals surface area contributed by atoms with Crippen LogP contribution in [0.25, 0.3) is 11.1 Å². The summed E-state index contributed by atoms with van der Waals surface area (Å²) in [5, 5.41) is 0. The van der Waals surface area contributed by atoms with Crippen molar-refractivity contribution in [1.29, 1.82) is 0 Å². The monoisotopic (exact) mass is 410 g/mol. The largest absolute Gasteiger partial charge is 0.273 e. The second-order valence-electron chi connectivity index (χ2n) is 7.06. The van der Waals surface area contributed by atoms with Gasteiger partial charge in [0, 0.05) is 11.8 Å². The molecule has 1 atom stereocenters. The van der Waals surface area contributed by atoms with Gasteiger partial charge in [-0.3, -0.25) is 9.78 Å². The fourth-order valence-electron chi connectivity index (χ4n) is 3.89. The van der Waals surface area contributed by atoms with E-state index in [1.165, 1.54) is 12.3 Å². The maximum absolute atomic E-state index is 14.2. The van der Waals surface area contributed by atoms with E-state index in [0.717, 1.165) is 17.3 Å². The average molecular weight is 410 g/mol. The molecule has 148 valence electrons. The molecule has 2 aromatic carbocycles. The fourth-order valence-corrected chi connectivity index (χ4v) is 5.16. The summed E-state index contributed by atoms with van der Waals surface area (Å²) in [5.74, 6) is -1.61. The van der Waals surface area contributed by atoms with Crippen LogP contribution in [0, 0.1) is 12.7 Å². The molecule has 0 spiro atoms. The number of amides is 1. The summed E-state index contributed by atoms with van der Waals surface area (Å²) >= 11 is 0. The Hall–Kier alpha value is -3.06. The van der Waals surface area contributed by atoms with Crippen molar-refractivity contribution >= 4 is 15.9 Å². The predicted octanol–water partition coefficient (Wildman–Crippen LogP) is 3.73. The molecule has 4 rings (SSSR count). The third-order valence-corrected chi connectivity index (χ3v) is 6.77. The van der Waals surface area contributed by atoms with Gasteiger partial charge in [0.05, 0.1) is 17.0 Å². The number of carbonyl (C=O) groups excluding carboxylic acids is 1. The number of pyridine rings is 1. The van der Waals surface area contributed by atoms with Gasteiger partial charge in [-0.05, 0) is 54.2 Å². The van der Waals surface area contributed by atoms with Gasteiger partial charge in [-0.1, -0.05) is 36.4 Å². The number of fused-ring (bicyclic) bond motifs is 1. The molecule has 1 heterocycles. The molecule has 0 radical (unpaired) electrons. The predicted molar refractivity (Wildman–Crippen MR) is 107 cm³/mol. The lowest BCUT2D eigenvalue weighted by molar-refractivity contribution is -0.120. The first-order chi connectivity index (χ1) is 13.9. The second-order valence-corrected chi connectivity index (χ2v) is 8.71. The van der Waals surface area contributed by atoms with E-state index in [9.17, 15) is 17.6 Å². The van der Waals surface area contributed by atoms with Gasteiger partial charge in [-0.2, -0.15) is 0 Å². The molecule has 5 nitrogen and oxygen atoms in total. The van der Waals surface area contributed by atoms with Gasteiger partial charge < -0.3 is 0 Å². The van der Waals surface area contributed by atoms with Crippen molar-refractivity contribution in [2.24, 2.45) is 0 Å². The molecule has 29 heavy (non-hydrogen) atoms. The zero-order valence-corrected chi connectivity index (χ0v) is 16.5. The minimum absolute atomic E-state index is 0.0826. The van der Waals surface area contributed by atoms with Gasteiger partial charge in [-0.15, -0.1) is 0 Å². The third-order valence-electron chi connectivity index (χ3n) is 5.27. The van der Waals surface area contributed by atoms with E-state index in [2.05, 4.69) is 9.71 Å². The Morgan fingerprint density at radius 1 is 1.10 bits per heavy atom. The molecule has 1 aromatic heterocycles. The number of nitrogens with zero attached hydrogens (tertiary/aromatic N) is 1. The molecule has 1 aliphatic carbocycles. The number of carbonyl (C=O) groups is 1. The van der Waals surface area contributed by atoms with Crippen LogP contribution in [-0.4, -0.2) is 19.3 Å². The standard InChI is InChI=1S/C22H19FN2O3S/c1-14-5-2-3-8-21(14)29(27,28)25-22(26)19-10-9-17-15(6-4-7-16(17)19)18-11-12-24-13-20(18)23/h2-8,11-13,19H,9-10H2,1H3,(H,25,26). The van der Waals surface area contributed by atoms with Gasteiger partial charge in [0.1, 0.15) is 5.82 Å². The van der Waals surface area contributed by atoms with Crippen LogP contribution in [0.4, 0.5) is 4.39 Å². The molecule has 1 unspecified atom stereocenters. The molecule has 3 aromatic rings. The van der Waals surface area contributed by atoms with Crippen LogP contribution in [-0.2, 0) is 21.2 Å². The minimum atomic E-state index is -3.97. The molecule has 0 aliphatic heterocycles. The highest BCUT2D eigenvalue weighted by Crippen LogP contribution is 2.39. The SMILES string of the molecule is Cc1ccccc1S(=O)(=O)NC(=O)C1CCc2c(-c3ccncc3F)cccc21. The number of sulfonamides is 1. The van der Waals surface area contributed by atoms with Gasteiger partial charge in [-0.25, -0.2) is 17.5 Å². The zero-order valence-electron chi connectivity index (χ0n) is 15.7. The summed E-state index contributed by atoms with van der Waals surface area (Å²) < 4.78 is 41.8. The van der Waals surface area contributed by atoms with E-state index >= 15 is 0 Å². The second kappa shape index (κ2) is 7.40. The Bertz CT molecular complexity index is 1210. The maximum Gasteiger partial charge on any atom is 0.264 e. The van der Waals surface area contributed by atoms with E-state index in [4.69, 9.17) is 0 Å². The first-order valence-electron chi connectivity index (χ1n) is 9.22. The zero-order chi connectivity index (χ0) is 20.6. The van der Waals surface area contributed by atoms with E-state index in [1.54, 1.807) is 43.3 Å². The van der Waals surface area contributed by atoms with Crippen molar-refractivity contribution in [3.8, 4) is 11.1 Å². The fraction of sp³-hybridized carbons (Fsp3) is 0.182. The minimum Gasteiger partial charge on any atom is -0.273 e. The lowest BCUT2D eigenvalue weighted by Gasteiger charge is -2.15. The van der Waals surface area contributed by atoms with E-state index in [0.29, 0.717) is 29.5 Å². The summed E-state index contributed by atoms with van der Waals surface area (Å²) in [4.78, 5) is 16.7. The molecule has 0 saturated heterocycles. The lowest BCUT2D eigenvalue weighted by Crippen LogP contribution is -2.34. The summed E-state index contributed by atoms with van der Waals surface area (Å²) in [5.41, 5.74) is 3.29. The number of benzene rings is 2. The Morgan fingerprint density at radius 3 is 2.66 bits per heavy atom. The molecule has 0 saturated carbocycles.